The molecule has 4 heteroatoms. The zero-order valence-corrected chi connectivity index (χ0v) is 31.9. The average Bonchev–Trinajstić information content (AvgIpc) is 3.15. The van der Waals surface area contributed by atoms with Crippen molar-refractivity contribution in [3.05, 3.63) is 113 Å². The van der Waals surface area contributed by atoms with Crippen molar-refractivity contribution in [2.24, 2.45) is 0 Å². The molecule has 1 aliphatic rings. The van der Waals surface area contributed by atoms with Gasteiger partial charge in [-0.3, -0.25) is 0 Å². The summed E-state index contributed by atoms with van der Waals surface area (Å²) in [5.41, 5.74) is 13.5. The van der Waals surface area contributed by atoms with E-state index < -0.39 is 0 Å². The van der Waals surface area contributed by atoms with E-state index in [9.17, 15) is 0 Å². The number of anilines is 3. The molecular weight excluding hydrogens is 597 g/mol. The summed E-state index contributed by atoms with van der Waals surface area (Å²) in [6.45, 7) is 26.2. The van der Waals surface area contributed by atoms with Gasteiger partial charge in [-0.25, -0.2) is 4.58 Å². The van der Waals surface area contributed by atoms with Crippen LogP contribution >= 0.6 is 0 Å². The summed E-state index contributed by atoms with van der Waals surface area (Å²) in [5.74, 6) is 0. The topological polar surface area (TPSA) is 12.7 Å². The van der Waals surface area contributed by atoms with E-state index in [0.717, 1.165) is 78.0 Å². The fourth-order valence-corrected chi connectivity index (χ4v) is 7.44. The van der Waals surface area contributed by atoms with Crippen LogP contribution in [-0.4, -0.2) is 62.6 Å². The first kappa shape index (κ1) is 37.8. The SMILES string of the molecule is CCN(CC)c1ccc(C(=C/C=C/C(=C2CCC(=[N+](CC)CC)CC2)c2ccc(N(CC)CC)cc2)c2ccc(N(CC)CC)cc2)cc1. The maximum atomic E-state index is 2.57. The molecule has 4 nitrogen and oxygen atoms in total. The summed E-state index contributed by atoms with van der Waals surface area (Å²) in [6.07, 6.45) is 11.6. The number of rotatable bonds is 16. The van der Waals surface area contributed by atoms with Gasteiger partial charge in [0.1, 0.15) is 13.1 Å². The van der Waals surface area contributed by atoms with Gasteiger partial charge in [0.2, 0.25) is 0 Å². The fraction of sp³-hybridized carbons (Fsp3) is 0.444. The van der Waals surface area contributed by atoms with Gasteiger partial charge in [0.25, 0.3) is 0 Å². The Labute approximate surface area is 299 Å². The molecule has 0 aliphatic heterocycles. The Hall–Kier alpha value is -4.05. The van der Waals surface area contributed by atoms with E-state index in [0.29, 0.717) is 0 Å². The molecule has 262 valence electrons. The van der Waals surface area contributed by atoms with Gasteiger partial charge in [-0.15, -0.1) is 0 Å². The molecule has 1 aliphatic carbocycles. The number of benzene rings is 3. The normalized spacial score (nSPS) is 13.1. The Bertz CT molecular complexity index is 1480. The lowest BCUT2D eigenvalue weighted by Gasteiger charge is -2.22. The standard InChI is InChI=1S/C45H63N4/c1-9-46(10-2)40-28-20-36(21-29-40)44(37-22-30-41(31-23-37)47(11-3)12-4)18-17-19-45(38-24-32-42(33-25-38)48(13-5)14-6)39-26-34-43(35-27-39)49(15-7)16-8/h17-25,28-33H,9-16,26-27,34-35H2,1-8H3/q+1/b19-17+. The Morgan fingerprint density at radius 3 is 1.22 bits per heavy atom. The van der Waals surface area contributed by atoms with Crippen molar-refractivity contribution in [3.8, 4) is 0 Å². The molecule has 0 N–H and O–H groups in total. The molecule has 0 amide bonds. The first-order valence-corrected chi connectivity index (χ1v) is 19.2. The maximum absolute atomic E-state index is 2.57. The van der Waals surface area contributed by atoms with Crippen LogP contribution in [0.15, 0.2) is 96.6 Å². The van der Waals surface area contributed by atoms with Gasteiger partial charge in [0.05, 0.1) is 0 Å². The van der Waals surface area contributed by atoms with Crippen molar-refractivity contribution in [2.75, 3.05) is 67.1 Å². The van der Waals surface area contributed by atoms with Gasteiger partial charge in [0, 0.05) is 69.2 Å². The molecule has 0 bridgehead atoms. The van der Waals surface area contributed by atoms with Crippen LogP contribution in [0.5, 0.6) is 0 Å². The highest BCUT2D eigenvalue weighted by atomic mass is 15.1. The van der Waals surface area contributed by atoms with Gasteiger partial charge in [0.15, 0.2) is 5.71 Å². The van der Waals surface area contributed by atoms with Crippen LogP contribution in [0.1, 0.15) is 97.8 Å². The second-order valence-electron chi connectivity index (χ2n) is 12.9. The number of hydrogen-bond acceptors (Lipinski definition) is 3. The molecule has 0 spiro atoms. The van der Waals surface area contributed by atoms with E-state index in [1.807, 2.05) is 0 Å². The minimum absolute atomic E-state index is 1.01. The zero-order valence-electron chi connectivity index (χ0n) is 31.9. The highest BCUT2D eigenvalue weighted by molar-refractivity contribution is 5.86. The van der Waals surface area contributed by atoms with Gasteiger partial charge >= 0.3 is 0 Å². The average molecular weight is 660 g/mol. The van der Waals surface area contributed by atoms with Crippen LogP contribution < -0.4 is 14.7 Å². The van der Waals surface area contributed by atoms with E-state index in [1.165, 1.54) is 44.9 Å². The fourth-order valence-electron chi connectivity index (χ4n) is 7.44. The lowest BCUT2D eigenvalue weighted by atomic mass is 9.86. The Kier molecular flexibility index (Phi) is 14.8. The second-order valence-corrected chi connectivity index (χ2v) is 12.9. The summed E-state index contributed by atoms with van der Waals surface area (Å²) >= 11 is 0. The zero-order chi connectivity index (χ0) is 35.2. The quantitative estimate of drug-likeness (QED) is 0.112. The number of nitrogens with zero attached hydrogens (tertiary/aromatic N) is 4. The molecule has 0 aromatic heterocycles. The van der Waals surface area contributed by atoms with Crippen LogP contribution in [0, 0.1) is 0 Å². The third-order valence-corrected chi connectivity index (χ3v) is 10.5. The van der Waals surface area contributed by atoms with E-state index in [2.05, 4.69) is 166 Å². The highest BCUT2D eigenvalue weighted by Gasteiger charge is 2.21. The third kappa shape index (κ3) is 9.56. The first-order chi connectivity index (χ1) is 23.9. The smallest absolute Gasteiger partial charge is 0.152 e. The molecule has 1 fully saturated rings. The molecule has 0 heterocycles. The molecule has 49 heavy (non-hydrogen) atoms. The van der Waals surface area contributed by atoms with E-state index in [-0.39, 0.29) is 0 Å². The largest absolute Gasteiger partial charge is 0.372 e. The van der Waals surface area contributed by atoms with Crippen molar-refractivity contribution in [2.45, 2.75) is 81.1 Å². The summed E-state index contributed by atoms with van der Waals surface area (Å²) in [5, 5.41) is 0. The predicted molar refractivity (Wildman–Crippen MR) is 218 cm³/mol. The van der Waals surface area contributed by atoms with Crippen LogP contribution in [0.2, 0.25) is 0 Å². The Morgan fingerprint density at radius 1 is 0.510 bits per heavy atom. The lowest BCUT2D eigenvalue weighted by Crippen LogP contribution is -2.24. The molecule has 3 aromatic carbocycles. The summed E-state index contributed by atoms with van der Waals surface area (Å²) in [4.78, 5) is 7.23. The van der Waals surface area contributed by atoms with Crippen LogP contribution in [0.4, 0.5) is 17.1 Å². The maximum Gasteiger partial charge on any atom is 0.152 e. The van der Waals surface area contributed by atoms with Crippen molar-refractivity contribution in [1.29, 1.82) is 0 Å². The van der Waals surface area contributed by atoms with E-state index in [1.54, 1.807) is 11.3 Å². The molecule has 0 atom stereocenters. The number of hydrogen-bond donors (Lipinski definition) is 0. The monoisotopic (exact) mass is 660 g/mol. The minimum Gasteiger partial charge on any atom is -0.372 e. The lowest BCUT2D eigenvalue weighted by molar-refractivity contribution is -0.523. The highest BCUT2D eigenvalue weighted by Crippen LogP contribution is 2.33. The summed E-state index contributed by atoms with van der Waals surface area (Å²) in [7, 11) is 0. The van der Waals surface area contributed by atoms with Crippen molar-refractivity contribution in [1.82, 2.24) is 0 Å². The van der Waals surface area contributed by atoms with E-state index >= 15 is 0 Å². The molecule has 0 saturated heterocycles. The van der Waals surface area contributed by atoms with Crippen molar-refractivity contribution >= 4 is 33.9 Å². The molecule has 4 rings (SSSR count). The minimum atomic E-state index is 1.01. The second kappa shape index (κ2) is 19.2. The molecule has 3 aromatic rings. The molecule has 0 unspecified atom stereocenters. The van der Waals surface area contributed by atoms with Gasteiger partial charge in [-0.05, 0) is 132 Å². The van der Waals surface area contributed by atoms with Crippen molar-refractivity contribution < 1.29 is 4.58 Å². The predicted octanol–water partition coefficient (Wildman–Crippen LogP) is 10.7. The van der Waals surface area contributed by atoms with Crippen LogP contribution in [-0.2, 0) is 0 Å². The number of allylic oxidation sites excluding steroid dienone is 5. The van der Waals surface area contributed by atoms with Gasteiger partial charge in [-0.1, -0.05) is 60.2 Å². The van der Waals surface area contributed by atoms with E-state index in [4.69, 9.17) is 0 Å². The first-order valence-electron chi connectivity index (χ1n) is 19.2. The molecule has 1 saturated carbocycles. The molecular formula is C45H63N4+. The van der Waals surface area contributed by atoms with Crippen LogP contribution in [0.25, 0.3) is 11.1 Å². The Balaban J connectivity index is 1.78. The summed E-state index contributed by atoms with van der Waals surface area (Å²) in [6, 6.07) is 27.6. The van der Waals surface area contributed by atoms with Crippen LogP contribution in [0.3, 0.4) is 0 Å². The van der Waals surface area contributed by atoms with Crippen molar-refractivity contribution in [3.63, 3.8) is 0 Å². The third-order valence-electron chi connectivity index (χ3n) is 10.5. The molecule has 0 radical (unpaired) electrons. The van der Waals surface area contributed by atoms with Gasteiger partial charge in [-0.2, -0.15) is 0 Å². The Morgan fingerprint density at radius 2 is 0.878 bits per heavy atom. The van der Waals surface area contributed by atoms with Gasteiger partial charge < -0.3 is 14.7 Å². The summed E-state index contributed by atoms with van der Waals surface area (Å²) < 4.78 is 2.57.